The van der Waals surface area contributed by atoms with Crippen molar-refractivity contribution >= 4 is 5.91 Å². The van der Waals surface area contributed by atoms with Gasteiger partial charge in [-0.1, -0.05) is 0 Å². The number of aliphatic hydroxyl groups is 1. The lowest BCUT2D eigenvalue weighted by Gasteiger charge is -2.35. The summed E-state index contributed by atoms with van der Waals surface area (Å²) in [6, 6.07) is 0. The minimum atomic E-state index is 0.207. The smallest absolute Gasteiger partial charge is 0.222 e. The van der Waals surface area contributed by atoms with E-state index < -0.39 is 0 Å². The second kappa shape index (κ2) is 7.96. The molecule has 0 aromatic heterocycles. The Morgan fingerprint density at radius 1 is 1.05 bits per heavy atom. The van der Waals surface area contributed by atoms with Crippen LogP contribution in [0.2, 0.25) is 0 Å². The third-order valence-electron chi connectivity index (χ3n) is 4.90. The van der Waals surface area contributed by atoms with Gasteiger partial charge < -0.3 is 15.7 Å². The number of carbonyl (C=O) groups is 1. The molecule has 0 aromatic carbocycles. The van der Waals surface area contributed by atoms with Gasteiger partial charge in [-0.25, -0.2) is 0 Å². The monoisotopic (exact) mass is 283 g/mol. The van der Waals surface area contributed by atoms with Crippen LogP contribution in [-0.2, 0) is 4.79 Å². The molecule has 20 heavy (non-hydrogen) atoms. The Morgan fingerprint density at radius 2 is 1.65 bits per heavy atom. The van der Waals surface area contributed by atoms with Gasteiger partial charge in [0.25, 0.3) is 0 Å². The summed E-state index contributed by atoms with van der Waals surface area (Å²) in [5, 5.41) is 8.92. The summed E-state index contributed by atoms with van der Waals surface area (Å²) in [7, 11) is 0. The predicted octanol–water partition coefficient (Wildman–Crippen LogP) is 0.278. The van der Waals surface area contributed by atoms with Crippen molar-refractivity contribution in [1.29, 1.82) is 0 Å². The Kier molecular flexibility index (Phi) is 6.26. The molecule has 3 N–H and O–H groups in total. The van der Waals surface area contributed by atoms with Crippen molar-refractivity contribution in [2.75, 3.05) is 45.9 Å². The molecule has 116 valence electrons. The molecule has 1 aliphatic carbocycles. The number of hydrogen-bond acceptors (Lipinski definition) is 4. The normalized spacial score (nSPS) is 28.6. The first-order valence-corrected chi connectivity index (χ1v) is 8.04. The lowest BCUT2D eigenvalue weighted by molar-refractivity contribution is -0.134. The SMILES string of the molecule is NCC1CCC(CC(=O)N2CCN(CCO)CC2)CC1. The minimum Gasteiger partial charge on any atom is -0.395 e. The standard InChI is InChI=1S/C15H29N3O2/c16-12-14-3-1-13(2-4-14)11-15(20)18-7-5-17(6-8-18)9-10-19/h13-14,19H,1-12,16H2. The van der Waals surface area contributed by atoms with E-state index >= 15 is 0 Å². The van der Waals surface area contributed by atoms with Crippen LogP contribution >= 0.6 is 0 Å². The lowest BCUT2D eigenvalue weighted by Crippen LogP contribution is -2.49. The van der Waals surface area contributed by atoms with Crippen molar-refractivity contribution in [2.45, 2.75) is 32.1 Å². The molecule has 1 amide bonds. The Bertz CT molecular complexity index is 295. The molecule has 0 atom stereocenters. The minimum absolute atomic E-state index is 0.207. The van der Waals surface area contributed by atoms with Crippen molar-refractivity contribution in [3.05, 3.63) is 0 Å². The van der Waals surface area contributed by atoms with Gasteiger partial charge in [0, 0.05) is 39.1 Å². The highest BCUT2D eigenvalue weighted by molar-refractivity contribution is 5.76. The molecule has 2 fully saturated rings. The van der Waals surface area contributed by atoms with Gasteiger partial charge in [-0.15, -0.1) is 0 Å². The molecule has 0 aromatic rings. The molecule has 1 saturated carbocycles. The summed E-state index contributed by atoms with van der Waals surface area (Å²) in [6.45, 7) is 5.16. The van der Waals surface area contributed by atoms with Crippen LogP contribution in [0.25, 0.3) is 0 Å². The van der Waals surface area contributed by atoms with Gasteiger partial charge in [0.15, 0.2) is 0 Å². The lowest BCUT2D eigenvalue weighted by atomic mass is 9.80. The highest BCUT2D eigenvalue weighted by Gasteiger charge is 2.26. The zero-order chi connectivity index (χ0) is 14.4. The van der Waals surface area contributed by atoms with Crippen molar-refractivity contribution in [3.63, 3.8) is 0 Å². The van der Waals surface area contributed by atoms with Crippen molar-refractivity contribution in [1.82, 2.24) is 9.80 Å². The van der Waals surface area contributed by atoms with E-state index in [-0.39, 0.29) is 6.61 Å². The van der Waals surface area contributed by atoms with Crippen molar-refractivity contribution in [3.8, 4) is 0 Å². The fourth-order valence-corrected chi connectivity index (χ4v) is 3.41. The zero-order valence-electron chi connectivity index (χ0n) is 12.5. The number of nitrogens with zero attached hydrogens (tertiary/aromatic N) is 2. The second-order valence-corrected chi connectivity index (χ2v) is 6.27. The first-order valence-electron chi connectivity index (χ1n) is 8.04. The molecule has 0 unspecified atom stereocenters. The van der Waals surface area contributed by atoms with E-state index in [9.17, 15) is 4.79 Å². The predicted molar refractivity (Wildman–Crippen MR) is 79.2 cm³/mol. The molecular weight excluding hydrogens is 254 g/mol. The highest BCUT2D eigenvalue weighted by Crippen LogP contribution is 2.30. The Morgan fingerprint density at radius 3 is 2.20 bits per heavy atom. The van der Waals surface area contributed by atoms with Gasteiger partial charge >= 0.3 is 0 Å². The van der Waals surface area contributed by atoms with Crippen LogP contribution in [0.1, 0.15) is 32.1 Å². The maximum Gasteiger partial charge on any atom is 0.222 e. The maximum absolute atomic E-state index is 12.3. The van der Waals surface area contributed by atoms with E-state index in [1.54, 1.807) is 0 Å². The third-order valence-corrected chi connectivity index (χ3v) is 4.90. The quantitative estimate of drug-likeness (QED) is 0.760. The Labute approximate surface area is 122 Å². The van der Waals surface area contributed by atoms with Crippen LogP contribution in [0.5, 0.6) is 0 Å². The van der Waals surface area contributed by atoms with Crippen LogP contribution in [0.3, 0.4) is 0 Å². The van der Waals surface area contributed by atoms with Gasteiger partial charge in [0.1, 0.15) is 0 Å². The maximum atomic E-state index is 12.3. The number of amides is 1. The van der Waals surface area contributed by atoms with Crippen molar-refractivity contribution < 1.29 is 9.90 Å². The number of piperazine rings is 1. The zero-order valence-corrected chi connectivity index (χ0v) is 12.5. The number of nitrogens with two attached hydrogens (primary N) is 1. The fourth-order valence-electron chi connectivity index (χ4n) is 3.41. The topological polar surface area (TPSA) is 69.8 Å². The summed E-state index contributed by atoms with van der Waals surface area (Å²) < 4.78 is 0. The molecule has 5 nitrogen and oxygen atoms in total. The summed E-state index contributed by atoms with van der Waals surface area (Å²) >= 11 is 0. The van der Waals surface area contributed by atoms with Gasteiger partial charge in [-0.3, -0.25) is 9.69 Å². The molecule has 1 saturated heterocycles. The van der Waals surface area contributed by atoms with Gasteiger partial charge in [-0.2, -0.15) is 0 Å². The number of rotatable bonds is 5. The van der Waals surface area contributed by atoms with E-state index in [0.29, 0.717) is 17.7 Å². The van der Waals surface area contributed by atoms with Gasteiger partial charge in [-0.05, 0) is 44.1 Å². The summed E-state index contributed by atoms with van der Waals surface area (Å²) in [4.78, 5) is 16.5. The molecule has 0 radical (unpaired) electrons. The van der Waals surface area contributed by atoms with E-state index in [1.165, 1.54) is 12.8 Å². The van der Waals surface area contributed by atoms with E-state index in [0.717, 1.165) is 58.5 Å². The molecule has 1 aliphatic heterocycles. The molecule has 0 spiro atoms. The average Bonchev–Trinajstić information content (AvgIpc) is 2.49. The summed E-state index contributed by atoms with van der Waals surface area (Å²) in [6.07, 6.45) is 5.44. The van der Waals surface area contributed by atoms with Crippen LogP contribution in [0.4, 0.5) is 0 Å². The van der Waals surface area contributed by atoms with Crippen LogP contribution in [0.15, 0.2) is 0 Å². The van der Waals surface area contributed by atoms with Crippen LogP contribution < -0.4 is 5.73 Å². The van der Waals surface area contributed by atoms with E-state index in [4.69, 9.17) is 10.8 Å². The Hall–Kier alpha value is -0.650. The highest BCUT2D eigenvalue weighted by atomic mass is 16.3. The first kappa shape index (κ1) is 15.7. The average molecular weight is 283 g/mol. The molecule has 1 heterocycles. The summed E-state index contributed by atoms with van der Waals surface area (Å²) in [5.74, 6) is 1.58. The van der Waals surface area contributed by atoms with Crippen LogP contribution in [0, 0.1) is 11.8 Å². The van der Waals surface area contributed by atoms with Gasteiger partial charge in [0.2, 0.25) is 5.91 Å². The molecular formula is C15H29N3O2. The number of β-amino-alcohol motifs (C(OH)–C–C–N with tert-alkyl or cyclic N) is 1. The second-order valence-electron chi connectivity index (χ2n) is 6.27. The van der Waals surface area contributed by atoms with E-state index in [1.807, 2.05) is 4.90 Å². The fraction of sp³-hybridized carbons (Fsp3) is 0.933. The van der Waals surface area contributed by atoms with Crippen LogP contribution in [-0.4, -0.2) is 66.7 Å². The summed E-state index contributed by atoms with van der Waals surface area (Å²) in [5.41, 5.74) is 5.71. The number of aliphatic hydroxyl groups excluding tert-OH is 1. The molecule has 0 bridgehead atoms. The molecule has 2 rings (SSSR count). The first-order chi connectivity index (χ1) is 9.72. The number of carbonyl (C=O) groups excluding carboxylic acids is 1. The van der Waals surface area contributed by atoms with E-state index in [2.05, 4.69) is 4.90 Å². The largest absolute Gasteiger partial charge is 0.395 e. The Balaban J connectivity index is 1.68. The number of hydrogen-bond donors (Lipinski definition) is 2. The van der Waals surface area contributed by atoms with Crippen molar-refractivity contribution in [2.24, 2.45) is 17.6 Å². The van der Waals surface area contributed by atoms with Gasteiger partial charge in [0.05, 0.1) is 6.61 Å². The third kappa shape index (κ3) is 4.43. The molecule has 2 aliphatic rings. The molecule has 5 heteroatoms.